The lowest BCUT2D eigenvalue weighted by atomic mass is 10.3. The third-order valence-electron chi connectivity index (χ3n) is 4.97. The minimum Gasteiger partial charge on any atom is -0.353 e. The molecule has 0 atom stereocenters. The van der Waals surface area contributed by atoms with Gasteiger partial charge in [0.1, 0.15) is 18.5 Å². The van der Waals surface area contributed by atoms with Gasteiger partial charge in [-0.1, -0.05) is 0 Å². The van der Waals surface area contributed by atoms with Crippen LogP contribution >= 0.6 is 0 Å². The second kappa shape index (κ2) is 5.65. The van der Waals surface area contributed by atoms with Gasteiger partial charge in [0.15, 0.2) is 17.0 Å². The van der Waals surface area contributed by atoms with Crippen LogP contribution in [0, 0.1) is 6.92 Å². The summed E-state index contributed by atoms with van der Waals surface area (Å²) in [5.74, 6) is 1.95. The van der Waals surface area contributed by atoms with Crippen molar-refractivity contribution >= 4 is 22.8 Å². The molecule has 0 radical (unpaired) electrons. The fourth-order valence-electron chi connectivity index (χ4n) is 3.45. The average Bonchev–Trinajstić information content (AvgIpc) is 3.40. The number of nitrogens with zero attached hydrogens (tertiary/aromatic N) is 8. The fraction of sp³-hybridized carbons (Fsp3) is 0.471. The largest absolute Gasteiger partial charge is 0.353 e. The molecule has 128 valence electrons. The molecule has 3 aromatic heterocycles. The number of aryl methyl sites for hydroxylation is 1. The molecule has 3 aromatic rings. The molecule has 1 aliphatic heterocycles. The molecule has 0 bridgehead atoms. The zero-order valence-corrected chi connectivity index (χ0v) is 14.2. The first-order valence-electron chi connectivity index (χ1n) is 8.76. The van der Waals surface area contributed by atoms with Crippen LogP contribution < -0.4 is 9.80 Å². The van der Waals surface area contributed by atoms with Crippen molar-refractivity contribution in [2.24, 2.45) is 0 Å². The van der Waals surface area contributed by atoms with Crippen molar-refractivity contribution in [3.63, 3.8) is 0 Å². The van der Waals surface area contributed by atoms with Crippen molar-refractivity contribution in [2.75, 3.05) is 36.0 Å². The molecule has 2 aliphatic rings. The first-order chi connectivity index (χ1) is 12.3. The molecule has 8 heteroatoms. The van der Waals surface area contributed by atoms with E-state index in [1.165, 1.54) is 12.8 Å². The van der Waals surface area contributed by atoms with Crippen molar-refractivity contribution in [3.8, 4) is 0 Å². The second-order valence-corrected chi connectivity index (χ2v) is 6.74. The zero-order chi connectivity index (χ0) is 16.8. The van der Waals surface area contributed by atoms with Gasteiger partial charge in [-0.25, -0.2) is 24.9 Å². The van der Waals surface area contributed by atoms with Crippen LogP contribution in [0.25, 0.3) is 11.2 Å². The summed E-state index contributed by atoms with van der Waals surface area (Å²) in [6.07, 6.45) is 7.66. The maximum atomic E-state index is 4.61. The minimum atomic E-state index is 0.575. The van der Waals surface area contributed by atoms with E-state index in [9.17, 15) is 0 Å². The Morgan fingerprint density at radius 1 is 0.880 bits per heavy atom. The highest BCUT2D eigenvalue weighted by atomic mass is 15.3. The lowest BCUT2D eigenvalue weighted by Gasteiger charge is -2.36. The Morgan fingerprint density at radius 2 is 1.64 bits per heavy atom. The normalized spacial score (nSPS) is 18.1. The second-order valence-electron chi connectivity index (χ2n) is 6.74. The van der Waals surface area contributed by atoms with Crippen LogP contribution in [-0.4, -0.2) is 55.7 Å². The molecule has 5 rings (SSSR count). The van der Waals surface area contributed by atoms with Gasteiger partial charge in [0, 0.05) is 44.0 Å². The molecule has 0 N–H and O–H groups in total. The maximum Gasteiger partial charge on any atom is 0.165 e. The predicted molar refractivity (Wildman–Crippen MR) is 94.8 cm³/mol. The van der Waals surface area contributed by atoms with Gasteiger partial charge in [0.05, 0.1) is 6.33 Å². The summed E-state index contributed by atoms with van der Waals surface area (Å²) in [5, 5.41) is 0. The van der Waals surface area contributed by atoms with E-state index in [4.69, 9.17) is 0 Å². The molecule has 1 aliphatic carbocycles. The van der Waals surface area contributed by atoms with Crippen molar-refractivity contribution in [1.82, 2.24) is 29.5 Å². The number of fused-ring (bicyclic) bond motifs is 1. The molecule has 8 nitrogen and oxygen atoms in total. The van der Waals surface area contributed by atoms with E-state index in [0.717, 1.165) is 54.7 Å². The average molecular weight is 336 g/mol. The zero-order valence-electron chi connectivity index (χ0n) is 14.2. The summed E-state index contributed by atoms with van der Waals surface area (Å²) < 4.78 is 2.19. The maximum absolute atomic E-state index is 4.61. The van der Waals surface area contributed by atoms with Crippen LogP contribution in [0.4, 0.5) is 11.6 Å². The summed E-state index contributed by atoms with van der Waals surface area (Å²) in [6, 6.07) is 2.61. The number of piperazine rings is 1. The van der Waals surface area contributed by atoms with Gasteiger partial charge < -0.3 is 14.4 Å². The van der Waals surface area contributed by atoms with E-state index in [0.29, 0.717) is 6.04 Å². The SMILES string of the molecule is Cc1cc(N2CCN(c3ncnc4c3ncn4C3CC3)CC2)ncn1. The van der Waals surface area contributed by atoms with Gasteiger partial charge in [-0.2, -0.15) is 0 Å². The topological polar surface area (TPSA) is 75.9 Å². The molecule has 4 heterocycles. The Morgan fingerprint density at radius 3 is 2.40 bits per heavy atom. The van der Waals surface area contributed by atoms with Crippen molar-refractivity contribution in [2.45, 2.75) is 25.8 Å². The highest BCUT2D eigenvalue weighted by Gasteiger charge is 2.28. The number of rotatable bonds is 3. The third-order valence-corrected chi connectivity index (χ3v) is 4.97. The van der Waals surface area contributed by atoms with Crippen LogP contribution in [0.2, 0.25) is 0 Å². The number of anilines is 2. The Bertz CT molecular complexity index is 908. The fourth-order valence-corrected chi connectivity index (χ4v) is 3.45. The Balaban J connectivity index is 1.38. The number of imidazole rings is 1. The Labute approximate surface area is 145 Å². The van der Waals surface area contributed by atoms with E-state index in [1.807, 2.05) is 19.3 Å². The Kier molecular flexibility index (Phi) is 3.29. The van der Waals surface area contributed by atoms with Crippen molar-refractivity contribution in [1.29, 1.82) is 0 Å². The molecule has 1 saturated heterocycles. The lowest BCUT2D eigenvalue weighted by Crippen LogP contribution is -2.47. The van der Waals surface area contributed by atoms with E-state index in [2.05, 4.69) is 39.3 Å². The molecule has 0 spiro atoms. The quantitative estimate of drug-likeness (QED) is 0.719. The summed E-state index contributed by atoms with van der Waals surface area (Å²) in [7, 11) is 0. The molecule has 1 saturated carbocycles. The molecule has 0 aromatic carbocycles. The first-order valence-corrected chi connectivity index (χ1v) is 8.76. The van der Waals surface area contributed by atoms with Crippen LogP contribution in [0.1, 0.15) is 24.6 Å². The van der Waals surface area contributed by atoms with Crippen LogP contribution in [0.15, 0.2) is 25.0 Å². The highest BCUT2D eigenvalue weighted by Crippen LogP contribution is 2.37. The van der Waals surface area contributed by atoms with Crippen LogP contribution in [0.3, 0.4) is 0 Å². The van der Waals surface area contributed by atoms with Crippen molar-refractivity contribution in [3.05, 3.63) is 30.7 Å². The third kappa shape index (κ3) is 2.57. The molecular weight excluding hydrogens is 316 g/mol. The molecule has 2 fully saturated rings. The summed E-state index contributed by atoms with van der Waals surface area (Å²) in [4.78, 5) is 26.8. The van der Waals surface area contributed by atoms with Gasteiger partial charge in [-0.3, -0.25) is 0 Å². The number of hydrogen-bond donors (Lipinski definition) is 0. The minimum absolute atomic E-state index is 0.575. The predicted octanol–water partition coefficient (Wildman–Crippen LogP) is 1.59. The van der Waals surface area contributed by atoms with Crippen molar-refractivity contribution < 1.29 is 0 Å². The summed E-state index contributed by atoms with van der Waals surface area (Å²) >= 11 is 0. The van der Waals surface area contributed by atoms with Gasteiger partial charge in [-0.15, -0.1) is 0 Å². The van der Waals surface area contributed by atoms with E-state index < -0.39 is 0 Å². The molecule has 0 amide bonds. The summed E-state index contributed by atoms with van der Waals surface area (Å²) in [6.45, 7) is 5.60. The monoisotopic (exact) mass is 336 g/mol. The van der Waals surface area contributed by atoms with Gasteiger partial charge in [-0.05, 0) is 19.8 Å². The van der Waals surface area contributed by atoms with Crippen LogP contribution in [0.5, 0.6) is 0 Å². The lowest BCUT2D eigenvalue weighted by molar-refractivity contribution is 0.641. The number of hydrogen-bond acceptors (Lipinski definition) is 7. The van der Waals surface area contributed by atoms with E-state index >= 15 is 0 Å². The van der Waals surface area contributed by atoms with E-state index in [-0.39, 0.29) is 0 Å². The summed E-state index contributed by atoms with van der Waals surface area (Å²) in [5.41, 5.74) is 2.87. The number of aromatic nitrogens is 6. The van der Waals surface area contributed by atoms with Gasteiger partial charge in [0.2, 0.25) is 0 Å². The molecular formula is C17H20N8. The first kappa shape index (κ1) is 14.6. The standard InChI is InChI=1S/C17H20N8/c1-12-8-14(19-9-18-12)23-4-6-24(7-5-23)16-15-17(21-10-20-16)25(11-22-15)13-2-3-13/h8-11,13H,2-7H2,1H3. The van der Waals surface area contributed by atoms with E-state index in [1.54, 1.807) is 12.7 Å². The molecule has 25 heavy (non-hydrogen) atoms. The van der Waals surface area contributed by atoms with Crippen LogP contribution in [-0.2, 0) is 0 Å². The highest BCUT2D eigenvalue weighted by molar-refractivity contribution is 5.83. The van der Waals surface area contributed by atoms with Gasteiger partial charge >= 0.3 is 0 Å². The smallest absolute Gasteiger partial charge is 0.165 e. The van der Waals surface area contributed by atoms with Gasteiger partial charge in [0.25, 0.3) is 0 Å². The molecule has 0 unspecified atom stereocenters. The Hall–Kier alpha value is -2.77.